The lowest BCUT2D eigenvalue weighted by Gasteiger charge is -2.31. The zero-order chi connectivity index (χ0) is 22.6. The van der Waals surface area contributed by atoms with Gasteiger partial charge < -0.3 is 9.64 Å². The number of aryl methyl sites for hydroxylation is 2. The van der Waals surface area contributed by atoms with Gasteiger partial charge in [0.15, 0.2) is 0 Å². The van der Waals surface area contributed by atoms with Crippen LogP contribution in [0.1, 0.15) is 41.3 Å². The van der Waals surface area contributed by atoms with Gasteiger partial charge in [-0.1, -0.05) is 23.8 Å². The van der Waals surface area contributed by atoms with Crippen LogP contribution in [0, 0.1) is 19.8 Å². The minimum Gasteiger partial charge on any atom is -0.466 e. The van der Waals surface area contributed by atoms with Crippen molar-refractivity contribution in [2.24, 2.45) is 5.92 Å². The Labute approximate surface area is 183 Å². The van der Waals surface area contributed by atoms with Gasteiger partial charge in [-0.2, -0.15) is 0 Å². The van der Waals surface area contributed by atoms with E-state index in [1.54, 1.807) is 61.2 Å². The maximum atomic E-state index is 13.0. The summed E-state index contributed by atoms with van der Waals surface area (Å²) < 4.78 is 33.2. The number of carbonyl (C=O) groups excluding carboxylic acids is 2. The Morgan fingerprint density at radius 3 is 2.32 bits per heavy atom. The highest BCUT2D eigenvalue weighted by molar-refractivity contribution is 7.92. The zero-order valence-electron chi connectivity index (χ0n) is 18.1. The third-order valence-corrected chi connectivity index (χ3v) is 6.84. The summed E-state index contributed by atoms with van der Waals surface area (Å²) >= 11 is 0. The average Bonchev–Trinajstić information content (AvgIpc) is 2.75. The van der Waals surface area contributed by atoms with Gasteiger partial charge >= 0.3 is 5.97 Å². The zero-order valence-corrected chi connectivity index (χ0v) is 18.9. The van der Waals surface area contributed by atoms with Crippen molar-refractivity contribution >= 4 is 27.6 Å². The summed E-state index contributed by atoms with van der Waals surface area (Å²) in [4.78, 5) is 26.7. The van der Waals surface area contributed by atoms with Crippen LogP contribution >= 0.6 is 0 Å². The van der Waals surface area contributed by atoms with Crippen LogP contribution in [-0.2, 0) is 19.6 Å². The number of nitrogens with one attached hydrogen (secondary N) is 1. The summed E-state index contributed by atoms with van der Waals surface area (Å²) in [6.07, 6.45) is 1.12. The minimum absolute atomic E-state index is 0.162. The molecule has 0 unspecified atom stereocenters. The molecule has 1 amide bonds. The van der Waals surface area contributed by atoms with Gasteiger partial charge in [0, 0.05) is 18.7 Å². The van der Waals surface area contributed by atoms with Crippen molar-refractivity contribution in [2.45, 2.75) is 38.5 Å². The Bertz CT molecular complexity index is 1060. The number of sulfonamides is 1. The van der Waals surface area contributed by atoms with E-state index in [2.05, 4.69) is 4.72 Å². The molecule has 0 radical (unpaired) electrons. The van der Waals surface area contributed by atoms with Crippen molar-refractivity contribution in [2.75, 3.05) is 24.4 Å². The molecule has 7 nitrogen and oxygen atoms in total. The smallest absolute Gasteiger partial charge is 0.309 e. The monoisotopic (exact) mass is 444 g/mol. The molecule has 0 spiro atoms. The Hall–Kier alpha value is -2.87. The predicted molar refractivity (Wildman–Crippen MR) is 118 cm³/mol. The summed E-state index contributed by atoms with van der Waals surface area (Å²) in [7, 11) is -3.77. The van der Waals surface area contributed by atoms with Gasteiger partial charge in [0.25, 0.3) is 15.9 Å². The van der Waals surface area contributed by atoms with Gasteiger partial charge in [-0.3, -0.25) is 14.3 Å². The second-order valence-corrected chi connectivity index (χ2v) is 9.45. The molecule has 1 heterocycles. The van der Waals surface area contributed by atoms with Crippen LogP contribution in [0.25, 0.3) is 0 Å². The number of likely N-dealkylation sites (tertiary alicyclic amines) is 1. The summed E-state index contributed by atoms with van der Waals surface area (Å²) in [6.45, 7) is 6.72. The largest absolute Gasteiger partial charge is 0.466 e. The molecule has 0 saturated carbocycles. The van der Waals surface area contributed by atoms with E-state index in [4.69, 9.17) is 4.74 Å². The highest BCUT2D eigenvalue weighted by atomic mass is 32.2. The van der Waals surface area contributed by atoms with Crippen LogP contribution in [0.2, 0.25) is 0 Å². The first-order chi connectivity index (χ1) is 14.7. The number of ether oxygens (including phenoxy) is 1. The second kappa shape index (κ2) is 9.51. The SMILES string of the molecule is CCOC(=O)C1CCN(C(=O)c2ccc(C)c(NS(=O)(=O)c3ccc(C)cc3)c2)CC1. The molecule has 1 N–H and O–H groups in total. The molecular formula is C23H28N2O5S. The second-order valence-electron chi connectivity index (χ2n) is 7.77. The lowest BCUT2D eigenvalue weighted by molar-refractivity contribution is -0.149. The van der Waals surface area contributed by atoms with E-state index >= 15 is 0 Å². The number of amides is 1. The predicted octanol–water partition coefficient (Wildman–Crippen LogP) is 3.52. The number of nitrogens with zero attached hydrogens (tertiary/aromatic N) is 1. The molecule has 0 aromatic heterocycles. The highest BCUT2D eigenvalue weighted by Gasteiger charge is 2.29. The first-order valence-corrected chi connectivity index (χ1v) is 11.9. The van der Waals surface area contributed by atoms with Crippen LogP contribution in [0.4, 0.5) is 5.69 Å². The van der Waals surface area contributed by atoms with E-state index in [0.717, 1.165) is 5.56 Å². The molecule has 2 aromatic rings. The van der Waals surface area contributed by atoms with Crippen LogP contribution in [0.3, 0.4) is 0 Å². The number of benzene rings is 2. The van der Waals surface area contributed by atoms with Gasteiger partial charge in [-0.05, 0) is 63.4 Å². The summed E-state index contributed by atoms with van der Waals surface area (Å²) in [5.74, 6) is -0.574. The first-order valence-electron chi connectivity index (χ1n) is 10.4. The fraction of sp³-hybridized carbons (Fsp3) is 0.391. The highest BCUT2D eigenvalue weighted by Crippen LogP contribution is 2.24. The minimum atomic E-state index is -3.77. The van der Waals surface area contributed by atoms with E-state index in [9.17, 15) is 18.0 Å². The lowest BCUT2D eigenvalue weighted by atomic mass is 9.96. The van der Waals surface area contributed by atoms with E-state index < -0.39 is 10.0 Å². The maximum Gasteiger partial charge on any atom is 0.309 e. The van der Waals surface area contributed by atoms with Crippen LogP contribution in [0.15, 0.2) is 47.4 Å². The number of anilines is 1. The Kier molecular flexibility index (Phi) is 7.00. The maximum absolute atomic E-state index is 13.0. The van der Waals surface area contributed by atoms with Gasteiger partial charge in [0.1, 0.15) is 0 Å². The van der Waals surface area contributed by atoms with E-state index in [0.29, 0.717) is 49.4 Å². The number of piperidine rings is 1. The van der Waals surface area contributed by atoms with Crippen molar-refractivity contribution in [1.29, 1.82) is 0 Å². The number of esters is 1. The average molecular weight is 445 g/mol. The van der Waals surface area contributed by atoms with E-state index in [-0.39, 0.29) is 22.7 Å². The summed E-state index contributed by atoms with van der Waals surface area (Å²) in [5.41, 5.74) is 2.46. The van der Waals surface area contributed by atoms with E-state index in [1.807, 2.05) is 6.92 Å². The molecule has 31 heavy (non-hydrogen) atoms. The molecule has 0 atom stereocenters. The Morgan fingerprint density at radius 1 is 1.06 bits per heavy atom. The Morgan fingerprint density at radius 2 is 1.71 bits per heavy atom. The summed E-state index contributed by atoms with van der Waals surface area (Å²) in [6, 6.07) is 11.6. The molecule has 1 saturated heterocycles. The molecule has 1 aliphatic rings. The number of hydrogen-bond donors (Lipinski definition) is 1. The fourth-order valence-electron chi connectivity index (χ4n) is 3.55. The fourth-order valence-corrected chi connectivity index (χ4v) is 4.67. The van der Waals surface area contributed by atoms with Crippen LogP contribution < -0.4 is 4.72 Å². The van der Waals surface area contributed by atoms with Crippen LogP contribution in [0.5, 0.6) is 0 Å². The van der Waals surface area contributed by atoms with Gasteiger partial charge in [0.05, 0.1) is 23.1 Å². The lowest BCUT2D eigenvalue weighted by Crippen LogP contribution is -2.40. The molecule has 2 aromatic carbocycles. The van der Waals surface area contributed by atoms with Gasteiger partial charge in [-0.15, -0.1) is 0 Å². The van der Waals surface area contributed by atoms with Crippen LogP contribution in [-0.4, -0.2) is 44.9 Å². The van der Waals surface area contributed by atoms with Crippen molar-refractivity contribution in [3.05, 3.63) is 59.2 Å². The quantitative estimate of drug-likeness (QED) is 0.688. The molecule has 0 bridgehead atoms. The topological polar surface area (TPSA) is 92.8 Å². The number of rotatable bonds is 6. The van der Waals surface area contributed by atoms with Gasteiger partial charge in [-0.25, -0.2) is 8.42 Å². The molecule has 1 fully saturated rings. The third kappa shape index (κ3) is 5.44. The third-order valence-electron chi connectivity index (χ3n) is 5.46. The van der Waals surface area contributed by atoms with Crippen molar-refractivity contribution < 1.29 is 22.7 Å². The first kappa shape index (κ1) is 22.8. The van der Waals surface area contributed by atoms with Crippen molar-refractivity contribution in [1.82, 2.24) is 4.90 Å². The molecule has 0 aliphatic carbocycles. The molecule has 166 valence electrons. The molecular weight excluding hydrogens is 416 g/mol. The molecule has 1 aliphatic heterocycles. The number of carbonyl (C=O) groups is 2. The molecule has 3 rings (SSSR count). The summed E-state index contributed by atoms with van der Waals surface area (Å²) in [5, 5.41) is 0. The normalized spacial score (nSPS) is 14.9. The van der Waals surface area contributed by atoms with Gasteiger partial charge in [0.2, 0.25) is 0 Å². The standard InChI is InChI=1S/C23H28N2O5S/c1-4-30-23(27)18-11-13-25(14-12-18)22(26)19-8-7-17(3)21(15-19)24-31(28,29)20-9-5-16(2)6-10-20/h5-10,15,18,24H,4,11-14H2,1-3H3. The number of hydrogen-bond acceptors (Lipinski definition) is 5. The van der Waals surface area contributed by atoms with E-state index in [1.165, 1.54) is 0 Å². The molecule has 8 heteroatoms. The van der Waals surface area contributed by atoms with Crippen molar-refractivity contribution in [3.63, 3.8) is 0 Å². The van der Waals surface area contributed by atoms with Crippen molar-refractivity contribution in [3.8, 4) is 0 Å². The Balaban J connectivity index is 1.73.